The third-order valence-corrected chi connectivity index (χ3v) is 4.38. The van der Waals surface area contributed by atoms with Crippen molar-refractivity contribution < 1.29 is 4.79 Å². The van der Waals surface area contributed by atoms with Gasteiger partial charge in [-0.1, -0.05) is 13.0 Å². The smallest absolute Gasteiger partial charge is 0.241 e. The Balaban J connectivity index is 1.91. The monoisotopic (exact) mass is 310 g/mol. The number of aryl methyl sites for hydroxylation is 1. The quantitative estimate of drug-likeness (QED) is 0.315. The number of hydrogen-bond donors (Lipinski definition) is 3. The number of aliphatic imine (C=N–C) groups is 1. The molecule has 1 atom stereocenters. The number of benzene rings is 1. The molecule has 1 heterocycles. The Morgan fingerprint density at radius 3 is 3.09 bits per heavy atom. The average Bonchev–Trinajstić information content (AvgIpc) is 2.53. The Bertz CT molecular complexity index is 760. The van der Waals surface area contributed by atoms with Crippen LogP contribution in [0.1, 0.15) is 30.9 Å². The van der Waals surface area contributed by atoms with Crippen LogP contribution in [0.25, 0.3) is 0 Å². The van der Waals surface area contributed by atoms with E-state index in [9.17, 15) is 4.79 Å². The van der Waals surface area contributed by atoms with E-state index in [-0.39, 0.29) is 11.3 Å². The number of nitriles is 1. The number of guanidine groups is 1. The summed E-state index contributed by atoms with van der Waals surface area (Å²) in [6, 6.07) is 5.97. The minimum Gasteiger partial charge on any atom is -0.326 e. The van der Waals surface area contributed by atoms with Gasteiger partial charge >= 0.3 is 0 Å². The molecule has 118 valence electrons. The maximum Gasteiger partial charge on any atom is 0.241 e. The first-order valence-electron chi connectivity index (χ1n) is 7.45. The van der Waals surface area contributed by atoms with Crippen molar-refractivity contribution in [3.8, 4) is 6.19 Å². The summed E-state index contributed by atoms with van der Waals surface area (Å²) in [7, 11) is 1.61. The molecule has 1 amide bonds. The number of nitrogens with zero attached hydrogens (tertiary/aromatic N) is 3. The van der Waals surface area contributed by atoms with E-state index in [0.717, 1.165) is 29.8 Å². The van der Waals surface area contributed by atoms with Crippen molar-refractivity contribution in [1.82, 2.24) is 10.7 Å². The van der Waals surface area contributed by atoms with E-state index in [1.807, 2.05) is 24.4 Å². The van der Waals surface area contributed by atoms with Gasteiger partial charge in [0.25, 0.3) is 0 Å². The van der Waals surface area contributed by atoms with Gasteiger partial charge < -0.3 is 5.32 Å². The van der Waals surface area contributed by atoms with Gasteiger partial charge in [0.15, 0.2) is 6.19 Å². The molecule has 0 fully saturated rings. The van der Waals surface area contributed by atoms with Crippen LogP contribution >= 0.6 is 0 Å². The fourth-order valence-corrected chi connectivity index (χ4v) is 3.18. The number of rotatable bonds is 1. The highest BCUT2D eigenvalue weighted by atomic mass is 16.2. The number of hydrazone groups is 1. The van der Waals surface area contributed by atoms with E-state index < -0.39 is 0 Å². The molecule has 1 unspecified atom stereocenters. The van der Waals surface area contributed by atoms with E-state index >= 15 is 0 Å². The molecule has 7 heteroatoms. The number of fused-ring (bicyclic) bond motifs is 3. The van der Waals surface area contributed by atoms with Gasteiger partial charge in [-0.25, -0.2) is 5.43 Å². The Labute approximate surface area is 134 Å². The van der Waals surface area contributed by atoms with Gasteiger partial charge in [0.2, 0.25) is 11.9 Å². The molecule has 7 nitrogen and oxygen atoms in total. The molecule has 3 rings (SSSR count). The highest BCUT2D eigenvalue weighted by Gasteiger charge is 2.40. The molecule has 1 aliphatic heterocycles. The number of anilines is 1. The first-order chi connectivity index (χ1) is 11.1. The second-order valence-electron chi connectivity index (χ2n) is 6.04. The lowest BCUT2D eigenvalue weighted by molar-refractivity contribution is -0.123. The minimum absolute atomic E-state index is 0.0237. The fourth-order valence-electron chi connectivity index (χ4n) is 3.18. The molecular formula is C16H18N6O. The van der Waals surface area contributed by atoms with Gasteiger partial charge in [-0.05, 0) is 30.5 Å². The van der Waals surface area contributed by atoms with Gasteiger partial charge in [-0.3, -0.25) is 15.1 Å². The van der Waals surface area contributed by atoms with Crippen molar-refractivity contribution in [2.75, 3.05) is 12.4 Å². The summed E-state index contributed by atoms with van der Waals surface area (Å²) in [6.07, 6.45) is 4.10. The number of hydrogen-bond acceptors (Lipinski definition) is 4. The molecule has 0 spiro atoms. The van der Waals surface area contributed by atoms with Crippen molar-refractivity contribution in [1.29, 1.82) is 5.26 Å². The molecule has 0 aromatic heterocycles. The molecule has 0 saturated heterocycles. The van der Waals surface area contributed by atoms with Crippen molar-refractivity contribution in [3.63, 3.8) is 0 Å². The van der Waals surface area contributed by atoms with Crippen molar-refractivity contribution in [2.24, 2.45) is 15.5 Å². The van der Waals surface area contributed by atoms with Crippen LogP contribution < -0.4 is 16.1 Å². The van der Waals surface area contributed by atoms with Gasteiger partial charge in [0.05, 0.1) is 5.71 Å². The molecule has 0 radical (unpaired) electrons. The van der Waals surface area contributed by atoms with Crippen LogP contribution in [0.5, 0.6) is 0 Å². The molecule has 2 aliphatic rings. The summed E-state index contributed by atoms with van der Waals surface area (Å²) in [6.45, 7) is 2.10. The van der Waals surface area contributed by atoms with E-state index in [1.54, 1.807) is 7.05 Å². The third kappa shape index (κ3) is 2.75. The normalized spacial score (nSPS) is 22.9. The third-order valence-electron chi connectivity index (χ3n) is 4.38. The predicted octanol–water partition coefficient (Wildman–Crippen LogP) is 1.33. The Morgan fingerprint density at radius 1 is 1.52 bits per heavy atom. The van der Waals surface area contributed by atoms with Crippen LogP contribution in [-0.4, -0.2) is 24.6 Å². The van der Waals surface area contributed by atoms with Crippen LogP contribution in [0.4, 0.5) is 5.69 Å². The Hall–Kier alpha value is -2.88. The molecular weight excluding hydrogens is 292 g/mol. The molecule has 1 aromatic carbocycles. The SMILES string of the molecule is CN=C(NC#N)Nc1ccc2c(c1)CCC1(C)CC(=O)NN=C21. The zero-order chi connectivity index (χ0) is 16.4. The Kier molecular flexibility index (Phi) is 3.74. The lowest BCUT2D eigenvalue weighted by Crippen LogP contribution is -2.43. The van der Waals surface area contributed by atoms with Crippen molar-refractivity contribution in [2.45, 2.75) is 26.2 Å². The molecule has 23 heavy (non-hydrogen) atoms. The fraction of sp³-hybridized carbons (Fsp3) is 0.375. The first-order valence-corrected chi connectivity index (χ1v) is 7.45. The van der Waals surface area contributed by atoms with Crippen LogP contribution in [0.2, 0.25) is 0 Å². The standard InChI is InChI=1S/C16H18N6O/c1-16-6-5-10-7-11(20-15(18-2)19-9-17)3-4-12(10)14(16)22-21-13(23)8-16/h3-4,7H,5-6,8H2,1-2H3,(H,21,23)(H2,18,19,20). The molecule has 0 bridgehead atoms. The summed E-state index contributed by atoms with van der Waals surface area (Å²) < 4.78 is 0. The summed E-state index contributed by atoms with van der Waals surface area (Å²) >= 11 is 0. The van der Waals surface area contributed by atoms with Gasteiger partial charge in [-0.2, -0.15) is 10.4 Å². The summed E-state index contributed by atoms with van der Waals surface area (Å²) in [4.78, 5) is 15.6. The lowest BCUT2D eigenvalue weighted by atomic mass is 9.68. The van der Waals surface area contributed by atoms with Crippen LogP contribution in [0, 0.1) is 16.9 Å². The average molecular weight is 310 g/mol. The lowest BCUT2D eigenvalue weighted by Gasteiger charge is -2.38. The largest absolute Gasteiger partial charge is 0.326 e. The number of carbonyl (C=O) groups is 1. The van der Waals surface area contributed by atoms with Gasteiger partial charge in [0.1, 0.15) is 0 Å². The molecule has 1 aromatic rings. The maximum absolute atomic E-state index is 11.6. The van der Waals surface area contributed by atoms with Crippen LogP contribution in [0.3, 0.4) is 0 Å². The second-order valence-corrected chi connectivity index (χ2v) is 6.04. The predicted molar refractivity (Wildman–Crippen MR) is 87.9 cm³/mol. The van der Waals surface area contributed by atoms with E-state index in [4.69, 9.17) is 5.26 Å². The summed E-state index contributed by atoms with van der Waals surface area (Å²) in [5.41, 5.74) is 6.45. The summed E-state index contributed by atoms with van der Waals surface area (Å²) in [5, 5.41) is 18.5. The highest BCUT2D eigenvalue weighted by molar-refractivity contribution is 6.10. The summed E-state index contributed by atoms with van der Waals surface area (Å²) in [5.74, 6) is 0.375. The number of amides is 1. The van der Waals surface area contributed by atoms with Gasteiger partial charge in [0, 0.05) is 30.1 Å². The van der Waals surface area contributed by atoms with Gasteiger partial charge in [-0.15, -0.1) is 0 Å². The molecule has 1 aliphatic carbocycles. The topological polar surface area (TPSA) is 102 Å². The van der Waals surface area contributed by atoms with E-state index in [0.29, 0.717) is 12.4 Å². The maximum atomic E-state index is 11.6. The van der Waals surface area contributed by atoms with E-state index in [2.05, 4.69) is 33.1 Å². The zero-order valence-electron chi connectivity index (χ0n) is 13.1. The first kappa shape index (κ1) is 15.0. The van der Waals surface area contributed by atoms with Crippen molar-refractivity contribution in [3.05, 3.63) is 29.3 Å². The second kappa shape index (κ2) is 5.72. The molecule has 0 saturated carbocycles. The minimum atomic E-state index is -0.192. The zero-order valence-corrected chi connectivity index (χ0v) is 13.1. The van der Waals surface area contributed by atoms with Crippen LogP contribution in [-0.2, 0) is 11.2 Å². The number of nitrogens with one attached hydrogen (secondary N) is 3. The van der Waals surface area contributed by atoms with E-state index in [1.165, 1.54) is 5.56 Å². The van der Waals surface area contributed by atoms with Crippen LogP contribution in [0.15, 0.2) is 28.3 Å². The Morgan fingerprint density at radius 2 is 2.35 bits per heavy atom. The highest BCUT2D eigenvalue weighted by Crippen LogP contribution is 2.40. The van der Waals surface area contributed by atoms with Crippen molar-refractivity contribution >= 4 is 23.3 Å². The molecule has 3 N–H and O–H groups in total. The number of carbonyl (C=O) groups excluding carboxylic acids is 1.